The van der Waals surface area contributed by atoms with Crippen LogP contribution in [-0.4, -0.2) is 32.8 Å². The summed E-state index contributed by atoms with van der Waals surface area (Å²) >= 11 is 0. The molecule has 0 aliphatic carbocycles. The molecule has 2 rings (SSSR count). The number of benzene rings is 1. The van der Waals surface area contributed by atoms with Crippen molar-refractivity contribution in [2.45, 2.75) is 39.7 Å². The maximum absolute atomic E-state index is 12.8. The molecule has 1 aliphatic heterocycles. The van der Waals surface area contributed by atoms with Crippen LogP contribution in [0.25, 0.3) is 0 Å². The molecule has 0 saturated heterocycles. The van der Waals surface area contributed by atoms with Crippen LogP contribution >= 0.6 is 0 Å². The molecule has 1 aromatic rings. The van der Waals surface area contributed by atoms with E-state index in [1.54, 1.807) is 32.2 Å². The van der Waals surface area contributed by atoms with Crippen LogP contribution in [0.15, 0.2) is 29.5 Å². The van der Waals surface area contributed by atoms with Gasteiger partial charge in [-0.2, -0.15) is 0 Å². The van der Waals surface area contributed by atoms with Crippen molar-refractivity contribution in [2.75, 3.05) is 20.8 Å². The molecule has 0 fully saturated rings. The minimum absolute atomic E-state index is 0.278. The third-order valence-electron chi connectivity index (χ3n) is 4.52. The Morgan fingerprint density at radius 2 is 2.00 bits per heavy atom. The van der Waals surface area contributed by atoms with Crippen LogP contribution in [0.4, 0.5) is 4.79 Å². The van der Waals surface area contributed by atoms with Gasteiger partial charge in [-0.25, -0.2) is 9.59 Å². The Bertz CT molecular complexity index is 729. The molecule has 0 bridgehead atoms. The fourth-order valence-corrected chi connectivity index (χ4v) is 3.13. The highest BCUT2D eigenvalue weighted by atomic mass is 16.5. The molecule has 27 heavy (non-hydrogen) atoms. The van der Waals surface area contributed by atoms with Gasteiger partial charge in [0.2, 0.25) is 0 Å². The third-order valence-corrected chi connectivity index (χ3v) is 4.52. The predicted octanol–water partition coefficient (Wildman–Crippen LogP) is 3.31. The van der Waals surface area contributed by atoms with Crippen molar-refractivity contribution in [1.82, 2.24) is 10.6 Å². The second-order valence-electron chi connectivity index (χ2n) is 6.67. The molecule has 0 radical (unpaired) electrons. The molecule has 1 aliphatic rings. The van der Waals surface area contributed by atoms with Crippen molar-refractivity contribution in [3.05, 3.63) is 35.0 Å². The first kappa shape index (κ1) is 20.6. The summed E-state index contributed by atoms with van der Waals surface area (Å²) in [5.41, 5.74) is 1.48. The average molecular weight is 376 g/mol. The Morgan fingerprint density at radius 1 is 1.26 bits per heavy atom. The Kier molecular flexibility index (Phi) is 7.10. The smallest absolute Gasteiger partial charge is 0.338 e. The lowest BCUT2D eigenvalue weighted by atomic mass is 9.94. The second-order valence-corrected chi connectivity index (χ2v) is 6.67. The number of urea groups is 1. The Morgan fingerprint density at radius 3 is 2.63 bits per heavy atom. The van der Waals surface area contributed by atoms with Crippen LogP contribution < -0.4 is 20.1 Å². The number of nitrogens with one attached hydrogen (secondary N) is 2. The van der Waals surface area contributed by atoms with Gasteiger partial charge in [0.15, 0.2) is 0 Å². The van der Waals surface area contributed by atoms with E-state index in [0.717, 1.165) is 12.8 Å². The first-order valence-corrected chi connectivity index (χ1v) is 9.08. The molecule has 0 saturated carbocycles. The molecule has 7 heteroatoms. The number of ether oxygens (including phenoxy) is 3. The number of esters is 1. The molecular weight excluding hydrogens is 348 g/mol. The van der Waals surface area contributed by atoms with E-state index in [9.17, 15) is 9.59 Å². The number of carbonyl (C=O) groups excluding carboxylic acids is 2. The molecule has 0 aromatic heterocycles. The van der Waals surface area contributed by atoms with Gasteiger partial charge in [-0.05, 0) is 31.4 Å². The fraction of sp³-hybridized carbons (Fsp3) is 0.500. The SMILES string of the molecule is CCC[C@H](C)COC(=O)C1=C(C)NC(=O)N[C@H]1c1ccc(OC)cc1OC. The number of hydrogen-bond donors (Lipinski definition) is 2. The number of amides is 2. The minimum Gasteiger partial charge on any atom is -0.497 e. The molecule has 148 valence electrons. The highest BCUT2D eigenvalue weighted by Crippen LogP contribution is 2.35. The molecule has 1 aromatic carbocycles. The summed E-state index contributed by atoms with van der Waals surface area (Å²) in [6, 6.07) is 4.19. The highest BCUT2D eigenvalue weighted by Gasteiger charge is 2.34. The van der Waals surface area contributed by atoms with Gasteiger partial charge in [0.05, 0.1) is 32.4 Å². The van der Waals surface area contributed by atoms with Gasteiger partial charge in [0.1, 0.15) is 11.5 Å². The zero-order valence-corrected chi connectivity index (χ0v) is 16.5. The standard InChI is InChI=1S/C20H28N2O5/c1-6-7-12(2)11-27-19(23)17-13(3)21-20(24)22-18(17)15-9-8-14(25-4)10-16(15)26-5/h8-10,12,18H,6-7,11H2,1-5H3,(H2,21,22,24)/t12-,18-/m0/s1. The topological polar surface area (TPSA) is 85.9 Å². The van der Waals surface area contributed by atoms with Gasteiger partial charge in [-0.15, -0.1) is 0 Å². The number of methoxy groups -OCH3 is 2. The largest absolute Gasteiger partial charge is 0.497 e. The number of carbonyl (C=O) groups is 2. The highest BCUT2D eigenvalue weighted by molar-refractivity contribution is 5.95. The molecule has 2 atom stereocenters. The maximum Gasteiger partial charge on any atom is 0.338 e. The van der Waals surface area contributed by atoms with Crippen LogP contribution in [-0.2, 0) is 9.53 Å². The molecular formula is C20H28N2O5. The normalized spacial score (nSPS) is 17.7. The lowest BCUT2D eigenvalue weighted by Crippen LogP contribution is -2.45. The zero-order valence-electron chi connectivity index (χ0n) is 16.5. The van der Waals surface area contributed by atoms with Gasteiger partial charge in [-0.1, -0.05) is 20.3 Å². The van der Waals surface area contributed by atoms with E-state index in [-0.39, 0.29) is 11.9 Å². The summed E-state index contributed by atoms with van der Waals surface area (Å²) in [6.07, 6.45) is 2.01. The summed E-state index contributed by atoms with van der Waals surface area (Å²) in [4.78, 5) is 24.8. The van der Waals surface area contributed by atoms with Gasteiger partial charge in [0, 0.05) is 17.3 Å². The van der Waals surface area contributed by atoms with Crippen molar-refractivity contribution < 1.29 is 23.8 Å². The van der Waals surface area contributed by atoms with E-state index in [0.29, 0.717) is 34.9 Å². The van der Waals surface area contributed by atoms with E-state index in [1.807, 2.05) is 6.92 Å². The van der Waals surface area contributed by atoms with Gasteiger partial charge in [0.25, 0.3) is 0 Å². The monoisotopic (exact) mass is 376 g/mol. The van der Waals surface area contributed by atoms with Crippen LogP contribution in [0.1, 0.15) is 45.2 Å². The second kappa shape index (κ2) is 9.30. The Hall–Kier alpha value is -2.70. The quantitative estimate of drug-likeness (QED) is 0.680. The summed E-state index contributed by atoms with van der Waals surface area (Å²) in [7, 11) is 3.09. The average Bonchev–Trinajstić information content (AvgIpc) is 2.65. The minimum atomic E-state index is -0.673. The summed E-state index contributed by atoms with van der Waals surface area (Å²) in [5.74, 6) is 0.957. The zero-order chi connectivity index (χ0) is 20.0. The van der Waals surface area contributed by atoms with Crippen LogP contribution in [0, 0.1) is 5.92 Å². The van der Waals surface area contributed by atoms with Gasteiger partial charge < -0.3 is 24.8 Å². The number of hydrogen-bond acceptors (Lipinski definition) is 5. The first-order valence-electron chi connectivity index (χ1n) is 9.08. The number of rotatable bonds is 8. The summed E-state index contributed by atoms with van der Waals surface area (Å²) in [6.45, 7) is 6.16. The lowest BCUT2D eigenvalue weighted by Gasteiger charge is -2.29. The molecule has 2 N–H and O–H groups in total. The van der Waals surface area contributed by atoms with E-state index in [1.165, 1.54) is 7.11 Å². The molecule has 7 nitrogen and oxygen atoms in total. The molecule has 0 spiro atoms. The van der Waals surface area contributed by atoms with Crippen molar-refractivity contribution in [3.8, 4) is 11.5 Å². The van der Waals surface area contributed by atoms with Crippen LogP contribution in [0.3, 0.4) is 0 Å². The van der Waals surface area contributed by atoms with E-state index >= 15 is 0 Å². The van der Waals surface area contributed by atoms with Crippen molar-refractivity contribution >= 4 is 12.0 Å². The van der Waals surface area contributed by atoms with E-state index in [4.69, 9.17) is 14.2 Å². The number of allylic oxidation sites excluding steroid dienone is 1. The molecule has 0 unspecified atom stereocenters. The van der Waals surface area contributed by atoms with E-state index in [2.05, 4.69) is 17.6 Å². The lowest BCUT2D eigenvalue weighted by molar-refractivity contribution is -0.140. The van der Waals surface area contributed by atoms with Crippen LogP contribution in [0.2, 0.25) is 0 Å². The van der Waals surface area contributed by atoms with E-state index < -0.39 is 12.0 Å². The van der Waals surface area contributed by atoms with Crippen LogP contribution in [0.5, 0.6) is 11.5 Å². The third kappa shape index (κ3) is 4.93. The predicted molar refractivity (Wildman–Crippen MR) is 102 cm³/mol. The summed E-state index contributed by atoms with van der Waals surface area (Å²) in [5, 5.41) is 5.44. The summed E-state index contributed by atoms with van der Waals surface area (Å²) < 4.78 is 16.2. The van der Waals surface area contributed by atoms with Gasteiger partial charge in [-0.3, -0.25) is 0 Å². The Balaban J connectivity index is 2.34. The first-order chi connectivity index (χ1) is 12.9. The molecule has 2 amide bonds. The van der Waals surface area contributed by atoms with Crippen molar-refractivity contribution in [3.63, 3.8) is 0 Å². The Labute approximate surface area is 160 Å². The van der Waals surface area contributed by atoms with Crippen molar-refractivity contribution in [1.29, 1.82) is 0 Å². The van der Waals surface area contributed by atoms with Gasteiger partial charge >= 0.3 is 12.0 Å². The van der Waals surface area contributed by atoms with Crippen molar-refractivity contribution in [2.24, 2.45) is 5.92 Å². The fourth-order valence-electron chi connectivity index (χ4n) is 3.13. The maximum atomic E-state index is 12.8. The molecule has 1 heterocycles.